The second-order valence-corrected chi connectivity index (χ2v) is 8.48. The van der Waals surface area contributed by atoms with E-state index >= 15 is 0 Å². The van der Waals surface area contributed by atoms with Crippen LogP contribution in [-0.2, 0) is 25.7 Å². The Kier molecular flexibility index (Phi) is 8.45. The number of fused-ring (bicyclic) bond motifs is 1. The van der Waals surface area contributed by atoms with E-state index in [-0.39, 0.29) is 43.5 Å². The molecule has 1 saturated heterocycles. The highest BCUT2D eigenvalue weighted by molar-refractivity contribution is 5.96. The number of benzene rings is 1. The quantitative estimate of drug-likeness (QED) is 0.428. The molecule has 0 radical (unpaired) electrons. The van der Waals surface area contributed by atoms with E-state index in [1.165, 1.54) is 0 Å². The number of hydrogen-bond donors (Lipinski definition) is 2. The van der Waals surface area contributed by atoms with Crippen LogP contribution >= 0.6 is 0 Å². The molecule has 0 aromatic heterocycles. The van der Waals surface area contributed by atoms with Crippen LogP contribution in [0.5, 0.6) is 0 Å². The Hall–Kier alpha value is -2.67. The van der Waals surface area contributed by atoms with Crippen molar-refractivity contribution in [2.75, 3.05) is 19.8 Å². The van der Waals surface area contributed by atoms with Crippen LogP contribution in [0.25, 0.3) is 0 Å². The summed E-state index contributed by atoms with van der Waals surface area (Å²) in [5.74, 6) is -2.52. The zero-order chi connectivity index (χ0) is 23.1. The fraction of sp³-hybridized carbons (Fsp3) is 0.560. The van der Waals surface area contributed by atoms with E-state index in [1.807, 2.05) is 49.4 Å². The highest BCUT2D eigenvalue weighted by Gasteiger charge is 2.57. The largest absolute Gasteiger partial charge is 0.466 e. The number of carbonyl (C=O) groups is 3. The molecule has 0 unspecified atom stereocenters. The summed E-state index contributed by atoms with van der Waals surface area (Å²) >= 11 is 0. The van der Waals surface area contributed by atoms with E-state index in [1.54, 1.807) is 11.8 Å². The van der Waals surface area contributed by atoms with Gasteiger partial charge in [-0.15, -0.1) is 0 Å². The lowest BCUT2D eigenvalue weighted by atomic mass is 9.69. The zero-order valence-electron chi connectivity index (χ0n) is 18.9. The lowest BCUT2D eigenvalue weighted by molar-refractivity contribution is -0.155. The molecular weight excluding hydrogens is 408 g/mol. The van der Waals surface area contributed by atoms with Gasteiger partial charge in [0.05, 0.1) is 18.4 Å². The second kappa shape index (κ2) is 11.3. The van der Waals surface area contributed by atoms with Gasteiger partial charge in [0.25, 0.3) is 0 Å². The molecule has 2 amide bonds. The number of nitrogens with zero attached hydrogens (tertiary/aromatic N) is 1. The predicted octanol–water partition coefficient (Wildman–Crippen LogP) is 2.29. The fourth-order valence-corrected chi connectivity index (χ4v) is 5.04. The Bertz CT molecular complexity index is 825. The molecule has 32 heavy (non-hydrogen) atoms. The molecule has 2 aliphatic rings. The van der Waals surface area contributed by atoms with Gasteiger partial charge in [-0.25, -0.2) is 0 Å². The molecule has 1 aromatic carbocycles. The molecule has 0 bridgehead atoms. The summed E-state index contributed by atoms with van der Waals surface area (Å²) in [6.07, 6.45) is 5.97. The van der Waals surface area contributed by atoms with Crippen molar-refractivity contribution in [2.24, 2.45) is 23.7 Å². The number of aliphatic hydroxyl groups is 1. The normalized spacial score (nSPS) is 26.7. The lowest BCUT2D eigenvalue weighted by Gasteiger charge is -2.33. The molecule has 0 spiro atoms. The minimum absolute atomic E-state index is 0.0763. The van der Waals surface area contributed by atoms with Crippen molar-refractivity contribution in [3.63, 3.8) is 0 Å². The molecular formula is C25H34N2O5. The number of nitrogens with one attached hydrogen (secondary N) is 1. The SMILES string of the molecule is CCC[C@@H]1C=C[C@H]2[C@H](C(=O)N(CCCO)[C@@H]2C(=O)NCc2ccccc2)[C@@H]1C(=O)OCC. The number of esters is 1. The standard InChI is InChI=1S/C25H34N2O5/c1-3-9-18-12-13-19-21(20(18)25(31)32-4-2)24(30)27(14-8-15-28)22(19)23(29)26-16-17-10-6-5-7-11-17/h5-7,10-13,18-22,28H,3-4,8-9,14-16H2,1-2H3,(H,26,29)/t18-,19+,20-,21+,22+/m1/s1. The topological polar surface area (TPSA) is 95.9 Å². The van der Waals surface area contributed by atoms with Gasteiger partial charge in [-0.2, -0.15) is 0 Å². The average Bonchev–Trinajstić information content (AvgIpc) is 3.08. The fourth-order valence-electron chi connectivity index (χ4n) is 5.04. The van der Waals surface area contributed by atoms with Gasteiger partial charge in [-0.3, -0.25) is 14.4 Å². The van der Waals surface area contributed by atoms with Crippen LogP contribution in [0.2, 0.25) is 0 Å². The maximum absolute atomic E-state index is 13.5. The summed E-state index contributed by atoms with van der Waals surface area (Å²) in [6.45, 7) is 4.61. The molecule has 3 rings (SSSR count). The Balaban J connectivity index is 1.89. The molecule has 0 saturated carbocycles. The molecule has 1 fully saturated rings. The molecule has 2 N–H and O–H groups in total. The first-order chi connectivity index (χ1) is 15.5. The summed E-state index contributed by atoms with van der Waals surface area (Å²) in [5.41, 5.74) is 0.968. The summed E-state index contributed by atoms with van der Waals surface area (Å²) in [5, 5.41) is 12.3. The predicted molar refractivity (Wildman–Crippen MR) is 120 cm³/mol. The summed E-state index contributed by atoms with van der Waals surface area (Å²) in [7, 11) is 0. The van der Waals surface area contributed by atoms with Crippen molar-refractivity contribution in [2.45, 2.75) is 45.7 Å². The van der Waals surface area contributed by atoms with Crippen LogP contribution in [-0.4, -0.2) is 53.6 Å². The van der Waals surface area contributed by atoms with E-state index < -0.39 is 23.8 Å². The average molecular weight is 443 g/mol. The molecule has 1 heterocycles. The van der Waals surface area contributed by atoms with Gasteiger partial charge in [0.1, 0.15) is 6.04 Å². The Labute approximate surface area is 189 Å². The van der Waals surface area contributed by atoms with E-state index in [0.717, 1.165) is 18.4 Å². The number of likely N-dealkylation sites (tertiary alicyclic amines) is 1. The highest BCUT2D eigenvalue weighted by Crippen LogP contribution is 2.45. The zero-order valence-corrected chi connectivity index (χ0v) is 18.9. The minimum atomic E-state index is -0.710. The number of amides is 2. The van der Waals surface area contributed by atoms with Gasteiger partial charge >= 0.3 is 5.97 Å². The number of allylic oxidation sites excluding steroid dienone is 1. The van der Waals surface area contributed by atoms with Crippen LogP contribution in [0.4, 0.5) is 0 Å². The van der Waals surface area contributed by atoms with Crippen molar-refractivity contribution >= 4 is 17.8 Å². The third-order valence-corrected chi connectivity index (χ3v) is 6.43. The monoisotopic (exact) mass is 442 g/mol. The van der Waals surface area contributed by atoms with Crippen LogP contribution < -0.4 is 5.32 Å². The van der Waals surface area contributed by atoms with Crippen molar-refractivity contribution in [3.05, 3.63) is 48.0 Å². The molecule has 1 aliphatic carbocycles. The smallest absolute Gasteiger partial charge is 0.310 e. The van der Waals surface area contributed by atoms with Gasteiger partial charge in [0.2, 0.25) is 11.8 Å². The first-order valence-corrected chi connectivity index (χ1v) is 11.6. The van der Waals surface area contributed by atoms with Gasteiger partial charge in [-0.05, 0) is 31.2 Å². The molecule has 5 atom stereocenters. The Morgan fingerprint density at radius 1 is 1.16 bits per heavy atom. The van der Waals surface area contributed by atoms with Crippen molar-refractivity contribution in [1.82, 2.24) is 10.2 Å². The van der Waals surface area contributed by atoms with Crippen LogP contribution in [0.3, 0.4) is 0 Å². The molecule has 174 valence electrons. The van der Waals surface area contributed by atoms with Gasteiger partial charge in [0.15, 0.2) is 0 Å². The minimum Gasteiger partial charge on any atom is -0.466 e. The van der Waals surface area contributed by atoms with Crippen molar-refractivity contribution in [1.29, 1.82) is 0 Å². The van der Waals surface area contributed by atoms with Crippen LogP contribution in [0.15, 0.2) is 42.5 Å². The van der Waals surface area contributed by atoms with Gasteiger partial charge in [-0.1, -0.05) is 55.8 Å². The number of ether oxygens (including phenoxy) is 1. The number of aliphatic hydroxyl groups excluding tert-OH is 1. The van der Waals surface area contributed by atoms with E-state index in [4.69, 9.17) is 4.74 Å². The van der Waals surface area contributed by atoms with Crippen LogP contribution in [0, 0.1) is 23.7 Å². The number of carbonyl (C=O) groups excluding carboxylic acids is 3. The second-order valence-electron chi connectivity index (χ2n) is 8.48. The van der Waals surface area contributed by atoms with E-state index in [2.05, 4.69) is 5.32 Å². The third kappa shape index (κ3) is 5.04. The summed E-state index contributed by atoms with van der Waals surface area (Å²) in [6, 6.07) is 8.88. The first kappa shape index (κ1) is 24.0. The van der Waals surface area contributed by atoms with E-state index in [0.29, 0.717) is 13.0 Å². The Morgan fingerprint density at radius 2 is 1.91 bits per heavy atom. The van der Waals surface area contributed by atoms with Crippen LogP contribution in [0.1, 0.15) is 38.7 Å². The molecule has 7 heteroatoms. The highest BCUT2D eigenvalue weighted by atomic mass is 16.5. The first-order valence-electron chi connectivity index (χ1n) is 11.6. The summed E-state index contributed by atoms with van der Waals surface area (Å²) in [4.78, 5) is 41.3. The lowest BCUT2D eigenvalue weighted by Crippen LogP contribution is -2.47. The summed E-state index contributed by atoms with van der Waals surface area (Å²) < 4.78 is 5.35. The third-order valence-electron chi connectivity index (χ3n) is 6.43. The Morgan fingerprint density at radius 3 is 2.56 bits per heavy atom. The van der Waals surface area contributed by atoms with E-state index in [9.17, 15) is 19.5 Å². The maximum Gasteiger partial charge on any atom is 0.310 e. The van der Waals surface area contributed by atoms with Crippen molar-refractivity contribution in [3.8, 4) is 0 Å². The molecule has 7 nitrogen and oxygen atoms in total. The molecule has 1 aromatic rings. The number of hydrogen-bond acceptors (Lipinski definition) is 5. The van der Waals surface area contributed by atoms with Gasteiger partial charge < -0.3 is 20.1 Å². The van der Waals surface area contributed by atoms with Gasteiger partial charge in [0, 0.05) is 25.6 Å². The molecule has 1 aliphatic heterocycles. The number of rotatable bonds is 10. The van der Waals surface area contributed by atoms with Crippen molar-refractivity contribution < 1.29 is 24.2 Å². The maximum atomic E-state index is 13.5.